The molecule has 1 fully saturated rings. The molecule has 0 unspecified atom stereocenters. The molecule has 4 rings (SSSR count). The number of carbonyl (C=O) groups is 2. The van der Waals surface area contributed by atoms with E-state index in [1.807, 2.05) is 67.1 Å². The first-order chi connectivity index (χ1) is 17.3. The van der Waals surface area contributed by atoms with E-state index in [1.165, 1.54) is 5.56 Å². The van der Waals surface area contributed by atoms with Crippen molar-refractivity contribution in [2.24, 2.45) is 5.92 Å². The van der Waals surface area contributed by atoms with Crippen molar-refractivity contribution in [2.75, 3.05) is 25.0 Å². The van der Waals surface area contributed by atoms with Crippen molar-refractivity contribution in [1.82, 2.24) is 14.5 Å². The van der Waals surface area contributed by atoms with Crippen LogP contribution in [-0.2, 0) is 14.3 Å². The molecule has 3 aromatic rings. The third kappa shape index (κ3) is 6.21. The van der Waals surface area contributed by atoms with Crippen molar-refractivity contribution in [3.8, 4) is 16.9 Å². The van der Waals surface area contributed by atoms with Crippen LogP contribution < -0.4 is 5.32 Å². The van der Waals surface area contributed by atoms with E-state index in [-0.39, 0.29) is 30.4 Å². The fourth-order valence-corrected chi connectivity index (χ4v) is 4.40. The van der Waals surface area contributed by atoms with E-state index in [9.17, 15) is 9.59 Å². The summed E-state index contributed by atoms with van der Waals surface area (Å²) in [5.41, 5.74) is 3.86. The quantitative estimate of drug-likeness (QED) is 0.445. The zero-order chi connectivity index (χ0) is 25.7. The molecule has 36 heavy (non-hydrogen) atoms. The van der Waals surface area contributed by atoms with E-state index in [0.717, 1.165) is 29.8 Å². The van der Waals surface area contributed by atoms with Gasteiger partial charge in [0.25, 0.3) is 0 Å². The summed E-state index contributed by atoms with van der Waals surface area (Å²) in [6.45, 7) is 9.10. The number of carbonyl (C=O) groups excluding carboxylic acids is 2. The lowest BCUT2D eigenvalue weighted by Crippen LogP contribution is -2.44. The predicted molar refractivity (Wildman–Crippen MR) is 142 cm³/mol. The van der Waals surface area contributed by atoms with Crippen LogP contribution in [0.2, 0.25) is 0 Å². The lowest BCUT2D eigenvalue weighted by molar-refractivity contribution is -0.139. The molecule has 0 aliphatic carbocycles. The van der Waals surface area contributed by atoms with Crippen molar-refractivity contribution in [1.29, 1.82) is 0 Å². The maximum atomic E-state index is 13.2. The maximum Gasteiger partial charge on any atom is 0.246 e. The van der Waals surface area contributed by atoms with Crippen LogP contribution in [0.4, 0.5) is 5.95 Å². The Morgan fingerprint density at radius 3 is 2.42 bits per heavy atom. The van der Waals surface area contributed by atoms with Gasteiger partial charge in [0.15, 0.2) is 0 Å². The van der Waals surface area contributed by atoms with Gasteiger partial charge in [-0.15, -0.1) is 0 Å². The molecule has 0 spiro atoms. The number of nitrogens with one attached hydrogen (secondary N) is 1. The molecular formula is C29H36N4O3. The van der Waals surface area contributed by atoms with Crippen LogP contribution in [0.5, 0.6) is 0 Å². The fraction of sp³-hybridized carbons (Fsp3) is 0.414. The highest BCUT2D eigenvalue weighted by Gasteiger charge is 2.26. The minimum atomic E-state index is -0.285. The van der Waals surface area contributed by atoms with Gasteiger partial charge in [-0.3, -0.25) is 19.5 Å². The standard InChI is InChI=1S/C29H36N4O3/c1-20(2)22-12-14-24(15-13-22)33-18-26(23-9-6-5-7-10-23)30-29(33)31-27(34)19-32(28(35)21(3)4)17-25-11-8-16-36-25/h5-7,9-10,12-15,18,20-21,25H,8,11,16-17,19H2,1-4H3,(H,30,31,34)/t25-/m0/s1. The van der Waals surface area contributed by atoms with Crippen LogP contribution in [-0.4, -0.2) is 52.1 Å². The molecule has 2 aromatic carbocycles. The average molecular weight is 489 g/mol. The molecule has 190 valence electrons. The van der Waals surface area contributed by atoms with Gasteiger partial charge in [-0.1, -0.05) is 70.2 Å². The van der Waals surface area contributed by atoms with Gasteiger partial charge in [0.05, 0.1) is 11.8 Å². The first-order valence-corrected chi connectivity index (χ1v) is 12.8. The fourth-order valence-electron chi connectivity index (χ4n) is 4.40. The molecule has 0 radical (unpaired) electrons. The summed E-state index contributed by atoms with van der Waals surface area (Å²) in [7, 11) is 0. The summed E-state index contributed by atoms with van der Waals surface area (Å²) in [6.07, 6.45) is 3.79. The molecule has 2 amide bonds. The number of anilines is 1. The normalized spacial score (nSPS) is 15.4. The van der Waals surface area contributed by atoms with Crippen molar-refractivity contribution in [2.45, 2.75) is 52.6 Å². The molecule has 7 nitrogen and oxygen atoms in total. The Hall–Kier alpha value is -3.45. The number of nitrogens with zero attached hydrogens (tertiary/aromatic N) is 3. The minimum absolute atomic E-state index is 0.0216. The van der Waals surface area contributed by atoms with Crippen LogP contribution in [0, 0.1) is 5.92 Å². The molecule has 2 heterocycles. The van der Waals surface area contributed by atoms with Gasteiger partial charge in [-0.25, -0.2) is 4.98 Å². The Morgan fingerprint density at radius 1 is 1.08 bits per heavy atom. The topological polar surface area (TPSA) is 76.5 Å². The molecule has 1 saturated heterocycles. The van der Waals surface area contributed by atoms with E-state index in [1.54, 1.807) is 4.90 Å². The van der Waals surface area contributed by atoms with Crippen LogP contribution >= 0.6 is 0 Å². The van der Waals surface area contributed by atoms with Gasteiger partial charge in [0, 0.05) is 36.5 Å². The van der Waals surface area contributed by atoms with Gasteiger partial charge in [-0.05, 0) is 36.5 Å². The molecule has 7 heteroatoms. The van der Waals surface area contributed by atoms with Crippen LogP contribution in [0.1, 0.15) is 52.0 Å². The highest BCUT2D eigenvalue weighted by molar-refractivity contribution is 5.94. The predicted octanol–water partition coefficient (Wildman–Crippen LogP) is 5.26. The summed E-state index contributed by atoms with van der Waals surface area (Å²) < 4.78 is 7.61. The second-order valence-electron chi connectivity index (χ2n) is 9.99. The van der Waals surface area contributed by atoms with Crippen molar-refractivity contribution < 1.29 is 14.3 Å². The van der Waals surface area contributed by atoms with Crippen LogP contribution in [0.25, 0.3) is 16.9 Å². The lowest BCUT2D eigenvalue weighted by Gasteiger charge is -2.26. The summed E-state index contributed by atoms with van der Waals surface area (Å²) in [6, 6.07) is 18.1. The van der Waals surface area contributed by atoms with Gasteiger partial charge >= 0.3 is 0 Å². The second-order valence-corrected chi connectivity index (χ2v) is 9.99. The number of rotatable bonds is 9. The number of benzene rings is 2. The number of imidazole rings is 1. The van der Waals surface area contributed by atoms with E-state index < -0.39 is 0 Å². The maximum absolute atomic E-state index is 13.2. The van der Waals surface area contributed by atoms with E-state index in [2.05, 4.69) is 31.3 Å². The Balaban J connectivity index is 1.59. The molecule has 1 aliphatic heterocycles. The van der Waals surface area contributed by atoms with E-state index >= 15 is 0 Å². The van der Waals surface area contributed by atoms with Gasteiger partial charge < -0.3 is 9.64 Å². The van der Waals surface area contributed by atoms with Gasteiger partial charge in [0.2, 0.25) is 17.8 Å². The van der Waals surface area contributed by atoms with Crippen LogP contribution in [0.15, 0.2) is 60.8 Å². The molecule has 0 saturated carbocycles. The third-order valence-electron chi connectivity index (χ3n) is 6.45. The minimum Gasteiger partial charge on any atom is -0.376 e. The Kier molecular flexibility index (Phi) is 8.21. The first kappa shape index (κ1) is 25.6. The molecule has 1 N–H and O–H groups in total. The zero-order valence-electron chi connectivity index (χ0n) is 21.6. The average Bonchev–Trinajstić information content (AvgIpc) is 3.54. The van der Waals surface area contributed by atoms with Gasteiger partial charge in [0.1, 0.15) is 6.54 Å². The summed E-state index contributed by atoms with van der Waals surface area (Å²) >= 11 is 0. The number of ether oxygens (including phenoxy) is 1. The monoisotopic (exact) mass is 488 g/mol. The summed E-state index contributed by atoms with van der Waals surface area (Å²) in [5.74, 6) is 0.301. The molecule has 1 aliphatic rings. The highest BCUT2D eigenvalue weighted by Crippen LogP contribution is 2.25. The SMILES string of the molecule is CC(C)C(=O)N(CC(=O)Nc1nc(-c2ccccc2)cn1-c1ccc(C(C)C)cc1)C[C@@H]1CCCO1. The highest BCUT2D eigenvalue weighted by atomic mass is 16.5. The molecular weight excluding hydrogens is 452 g/mol. The lowest BCUT2D eigenvalue weighted by atomic mass is 10.0. The van der Waals surface area contributed by atoms with Gasteiger partial charge in [-0.2, -0.15) is 0 Å². The van der Waals surface area contributed by atoms with Crippen molar-refractivity contribution in [3.05, 3.63) is 66.4 Å². The number of hydrogen-bond donors (Lipinski definition) is 1. The van der Waals surface area contributed by atoms with Crippen molar-refractivity contribution in [3.63, 3.8) is 0 Å². The Bertz CT molecular complexity index is 1160. The van der Waals surface area contributed by atoms with E-state index in [4.69, 9.17) is 9.72 Å². The molecule has 0 bridgehead atoms. The summed E-state index contributed by atoms with van der Waals surface area (Å²) in [5, 5.41) is 2.96. The molecule has 1 atom stereocenters. The Morgan fingerprint density at radius 2 is 1.81 bits per heavy atom. The number of amides is 2. The number of aromatic nitrogens is 2. The number of hydrogen-bond acceptors (Lipinski definition) is 4. The zero-order valence-corrected chi connectivity index (χ0v) is 21.6. The third-order valence-corrected chi connectivity index (χ3v) is 6.45. The smallest absolute Gasteiger partial charge is 0.246 e. The van der Waals surface area contributed by atoms with Crippen molar-refractivity contribution >= 4 is 17.8 Å². The van der Waals surface area contributed by atoms with E-state index in [0.29, 0.717) is 25.0 Å². The van der Waals surface area contributed by atoms with Crippen LogP contribution in [0.3, 0.4) is 0 Å². The Labute approximate surface area is 213 Å². The largest absolute Gasteiger partial charge is 0.376 e. The molecule has 1 aromatic heterocycles. The summed E-state index contributed by atoms with van der Waals surface area (Å²) in [4.78, 5) is 32.4. The first-order valence-electron chi connectivity index (χ1n) is 12.8. The second kappa shape index (κ2) is 11.5.